The molecule has 6 heteroatoms. The Hall–Kier alpha value is -2.21. The molecule has 0 aliphatic heterocycles. The topological polar surface area (TPSA) is 36.4 Å². The number of hydrogen-bond acceptors (Lipinski definition) is 4. The number of anilines is 1. The first kappa shape index (κ1) is 22.1. The lowest BCUT2D eigenvalue weighted by atomic mass is 10.2. The third-order valence-electron chi connectivity index (χ3n) is 4.23. The minimum absolute atomic E-state index is 0. The molecule has 1 amide bonds. The Kier molecular flexibility index (Phi) is 8.18. The van der Waals surface area contributed by atoms with Crippen molar-refractivity contribution in [2.24, 2.45) is 0 Å². The minimum atomic E-state index is -0.0339. The summed E-state index contributed by atoms with van der Waals surface area (Å²) < 4.78 is 1.11. The second kappa shape index (κ2) is 10.4. The van der Waals surface area contributed by atoms with Gasteiger partial charge in [0.2, 0.25) is 0 Å². The number of nitrogens with zero attached hydrogens (tertiary/aromatic N) is 3. The number of aryl methyl sites for hydroxylation is 1. The van der Waals surface area contributed by atoms with Crippen molar-refractivity contribution in [2.45, 2.75) is 13.3 Å². The maximum atomic E-state index is 12.9. The molecule has 148 valence electrons. The van der Waals surface area contributed by atoms with Crippen molar-refractivity contribution >= 4 is 51.1 Å². The fraction of sp³-hybridized carbons (Fsp3) is 0.273. The quantitative estimate of drug-likeness (QED) is 0.508. The Morgan fingerprint density at radius 3 is 2.57 bits per heavy atom. The van der Waals surface area contributed by atoms with Crippen molar-refractivity contribution in [1.29, 1.82) is 0 Å². The van der Waals surface area contributed by atoms with E-state index in [1.165, 1.54) is 5.56 Å². The zero-order valence-electron chi connectivity index (χ0n) is 16.5. The standard InChI is InChI=1S/C22H25N3OS.ClH/c1-17-10-12-19-20(16-17)27-22(23-19)25(15-7-14-24(2)3)21(26)13-11-18-8-5-4-6-9-18;/h4-6,8-13,16H,7,14-15H2,1-3H3;1H. The second-order valence-electron chi connectivity index (χ2n) is 6.86. The molecule has 1 aromatic heterocycles. The number of rotatable bonds is 7. The van der Waals surface area contributed by atoms with Crippen molar-refractivity contribution in [1.82, 2.24) is 9.88 Å². The lowest BCUT2D eigenvalue weighted by Crippen LogP contribution is -2.32. The van der Waals surface area contributed by atoms with Crippen LogP contribution < -0.4 is 4.90 Å². The van der Waals surface area contributed by atoms with E-state index >= 15 is 0 Å². The molecule has 0 bridgehead atoms. The molecule has 0 atom stereocenters. The molecule has 0 aliphatic rings. The van der Waals surface area contributed by atoms with E-state index < -0.39 is 0 Å². The number of halogens is 1. The van der Waals surface area contributed by atoms with Gasteiger partial charge >= 0.3 is 0 Å². The summed E-state index contributed by atoms with van der Waals surface area (Å²) in [5.41, 5.74) is 3.16. The van der Waals surface area contributed by atoms with Crippen LogP contribution in [0.5, 0.6) is 0 Å². The average molecular weight is 416 g/mol. The van der Waals surface area contributed by atoms with E-state index in [4.69, 9.17) is 4.98 Å². The highest BCUT2D eigenvalue weighted by molar-refractivity contribution is 7.22. The summed E-state index contributed by atoms with van der Waals surface area (Å²) in [4.78, 5) is 21.6. The van der Waals surface area contributed by atoms with Crippen molar-refractivity contribution in [3.63, 3.8) is 0 Å². The molecule has 3 rings (SSSR count). The monoisotopic (exact) mass is 415 g/mol. The fourth-order valence-corrected chi connectivity index (χ4v) is 3.90. The van der Waals surface area contributed by atoms with E-state index in [0.717, 1.165) is 33.9 Å². The Labute approximate surface area is 176 Å². The Balaban J connectivity index is 0.00000280. The van der Waals surface area contributed by atoms with Crippen molar-refractivity contribution in [3.8, 4) is 0 Å². The van der Waals surface area contributed by atoms with Crippen LogP contribution in [0.3, 0.4) is 0 Å². The molecular weight excluding hydrogens is 390 g/mol. The molecule has 4 nitrogen and oxygen atoms in total. The molecule has 28 heavy (non-hydrogen) atoms. The normalized spacial score (nSPS) is 11.1. The zero-order valence-corrected chi connectivity index (χ0v) is 18.1. The van der Waals surface area contributed by atoms with Crippen molar-refractivity contribution < 1.29 is 4.79 Å². The summed E-state index contributed by atoms with van der Waals surface area (Å²) in [6.07, 6.45) is 4.40. The SMILES string of the molecule is Cc1ccc2nc(N(CCCN(C)C)C(=O)C=Cc3ccccc3)sc2c1.Cl. The average Bonchev–Trinajstić information content (AvgIpc) is 3.06. The van der Waals surface area contributed by atoms with E-state index in [9.17, 15) is 4.79 Å². The molecule has 0 spiro atoms. The van der Waals surface area contributed by atoms with Crippen LogP contribution in [-0.2, 0) is 4.79 Å². The number of benzene rings is 2. The molecule has 0 saturated heterocycles. The predicted molar refractivity (Wildman–Crippen MR) is 123 cm³/mol. The van der Waals surface area contributed by atoms with Gasteiger partial charge in [0.15, 0.2) is 5.13 Å². The molecular formula is C22H26ClN3OS. The minimum Gasteiger partial charge on any atom is -0.309 e. The van der Waals surface area contributed by atoms with Crippen LogP contribution in [0.25, 0.3) is 16.3 Å². The number of carbonyl (C=O) groups is 1. The smallest absolute Gasteiger partial charge is 0.252 e. The number of hydrogen-bond donors (Lipinski definition) is 0. The van der Waals surface area contributed by atoms with Crippen LogP contribution in [0.15, 0.2) is 54.6 Å². The number of carbonyl (C=O) groups excluding carboxylic acids is 1. The summed E-state index contributed by atoms with van der Waals surface area (Å²) in [5.74, 6) is -0.0339. The van der Waals surface area contributed by atoms with E-state index in [2.05, 4.69) is 24.0 Å². The molecule has 2 aromatic carbocycles. The van der Waals surface area contributed by atoms with Gasteiger partial charge in [0.25, 0.3) is 5.91 Å². The third kappa shape index (κ3) is 5.89. The Morgan fingerprint density at radius 1 is 1.11 bits per heavy atom. The van der Waals surface area contributed by atoms with Gasteiger partial charge in [-0.15, -0.1) is 12.4 Å². The van der Waals surface area contributed by atoms with Crippen molar-refractivity contribution in [3.05, 3.63) is 65.7 Å². The molecule has 3 aromatic rings. The van der Waals surface area contributed by atoms with Gasteiger partial charge < -0.3 is 4.90 Å². The first-order chi connectivity index (χ1) is 13.0. The molecule has 0 aliphatic carbocycles. The van der Waals surface area contributed by atoms with Gasteiger partial charge in [-0.2, -0.15) is 0 Å². The Morgan fingerprint density at radius 2 is 1.86 bits per heavy atom. The number of aromatic nitrogens is 1. The summed E-state index contributed by atoms with van der Waals surface area (Å²) in [6.45, 7) is 3.65. The summed E-state index contributed by atoms with van der Waals surface area (Å²) in [7, 11) is 4.09. The molecule has 1 heterocycles. The van der Waals surface area contributed by atoms with Crippen LogP contribution >= 0.6 is 23.7 Å². The molecule has 0 unspecified atom stereocenters. The molecule has 0 N–H and O–H groups in total. The highest BCUT2D eigenvalue weighted by Crippen LogP contribution is 2.30. The maximum absolute atomic E-state index is 12.9. The van der Waals surface area contributed by atoms with Gasteiger partial charge in [0, 0.05) is 12.6 Å². The fourth-order valence-electron chi connectivity index (χ4n) is 2.80. The lowest BCUT2D eigenvalue weighted by Gasteiger charge is -2.19. The van der Waals surface area contributed by atoms with Gasteiger partial charge in [0.05, 0.1) is 10.2 Å². The first-order valence-corrected chi connectivity index (χ1v) is 9.91. The first-order valence-electron chi connectivity index (χ1n) is 9.09. The molecule has 0 saturated carbocycles. The van der Waals surface area contributed by atoms with Crippen LogP contribution in [0.2, 0.25) is 0 Å². The highest BCUT2D eigenvalue weighted by Gasteiger charge is 2.17. The van der Waals surface area contributed by atoms with Gasteiger partial charge in [-0.25, -0.2) is 4.98 Å². The van der Waals surface area contributed by atoms with Crippen molar-refractivity contribution in [2.75, 3.05) is 32.1 Å². The summed E-state index contributed by atoms with van der Waals surface area (Å²) >= 11 is 1.57. The maximum Gasteiger partial charge on any atom is 0.252 e. The summed E-state index contributed by atoms with van der Waals surface area (Å²) in [5, 5.41) is 0.761. The zero-order chi connectivity index (χ0) is 19.2. The third-order valence-corrected chi connectivity index (χ3v) is 5.28. The Bertz CT molecular complexity index is 937. The largest absolute Gasteiger partial charge is 0.309 e. The van der Waals surface area contributed by atoms with E-state index in [0.29, 0.717) is 6.54 Å². The van der Waals surface area contributed by atoms with Crippen LogP contribution in [0.4, 0.5) is 5.13 Å². The van der Waals surface area contributed by atoms with Crippen LogP contribution in [-0.4, -0.2) is 43.0 Å². The van der Waals surface area contributed by atoms with Gasteiger partial charge in [-0.1, -0.05) is 47.7 Å². The summed E-state index contributed by atoms with van der Waals surface area (Å²) in [6, 6.07) is 16.1. The highest BCUT2D eigenvalue weighted by atomic mass is 35.5. The van der Waals surface area contributed by atoms with E-state index in [-0.39, 0.29) is 18.3 Å². The number of amides is 1. The molecule has 0 fully saturated rings. The van der Waals surface area contributed by atoms with E-state index in [1.807, 2.05) is 56.6 Å². The molecule has 0 radical (unpaired) electrons. The number of fused-ring (bicyclic) bond motifs is 1. The van der Waals surface area contributed by atoms with Crippen LogP contribution in [0.1, 0.15) is 17.5 Å². The van der Waals surface area contributed by atoms with E-state index in [1.54, 1.807) is 22.3 Å². The van der Waals surface area contributed by atoms with Crippen LogP contribution in [0, 0.1) is 6.92 Å². The van der Waals surface area contributed by atoms with Gasteiger partial charge in [0.1, 0.15) is 0 Å². The number of thiazole rings is 1. The second-order valence-corrected chi connectivity index (χ2v) is 7.87. The van der Waals surface area contributed by atoms with Gasteiger partial charge in [-0.05, 0) is 63.3 Å². The van der Waals surface area contributed by atoms with Gasteiger partial charge in [-0.3, -0.25) is 9.69 Å². The lowest BCUT2D eigenvalue weighted by molar-refractivity contribution is -0.114. The predicted octanol–water partition coefficient (Wildman–Crippen LogP) is 5.02.